The van der Waals surface area contributed by atoms with Gasteiger partial charge in [-0.1, -0.05) is 13.3 Å². The summed E-state index contributed by atoms with van der Waals surface area (Å²) in [5.74, 6) is 0. The van der Waals surface area contributed by atoms with Gasteiger partial charge in [0.15, 0.2) is 0 Å². The van der Waals surface area contributed by atoms with E-state index in [4.69, 9.17) is 0 Å². The smallest absolute Gasteiger partial charge is 1.00 e. The van der Waals surface area contributed by atoms with Gasteiger partial charge in [-0.25, -0.2) is 0 Å². The second kappa shape index (κ2) is 6.61. The molecule has 0 aromatic carbocycles. The Morgan fingerprint density at radius 3 is 2.30 bits per heavy atom. The minimum absolute atomic E-state index is 0. The van der Waals surface area contributed by atoms with Crippen LogP contribution in [0, 0.1) is 0 Å². The van der Waals surface area contributed by atoms with E-state index >= 15 is 0 Å². The summed E-state index contributed by atoms with van der Waals surface area (Å²) in [6.45, 7) is 2.29. The molecule has 0 heterocycles. The Morgan fingerprint density at radius 2 is 2.00 bits per heavy atom. The molecule has 0 aliphatic heterocycles. The van der Waals surface area contributed by atoms with E-state index in [0.717, 1.165) is 19.1 Å². The molecule has 0 unspecified atom stereocenters. The molecular weight excluding hydrogens is 163 g/mol. The van der Waals surface area contributed by atoms with Crippen molar-refractivity contribution in [3.05, 3.63) is 0 Å². The molecule has 0 aromatic heterocycles. The molecule has 0 aromatic rings. The first-order valence-corrected chi connectivity index (χ1v) is 4.72. The minimum Gasteiger partial charge on any atom is -1.00 e. The van der Waals surface area contributed by atoms with Crippen LogP contribution in [0.15, 0.2) is 0 Å². The molecule has 0 N–H and O–H groups in total. The van der Waals surface area contributed by atoms with E-state index in [2.05, 4.69) is 4.18 Å². The summed E-state index contributed by atoms with van der Waals surface area (Å²) in [5, 5.41) is 0. The normalized spacial score (nSPS) is 10.6. The Balaban J connectivity index is -0.000000320. The number of hydrogen-bond donors (Lipinski definition) is 0. The van der Waals surface area contributed by atoms with Crippen molar-refractivity contribution in [3.63, 3.8) is 0 Å². The zero-order chi connectivity index (χ0) is 7.33. The van der Waals surface area contributed by atoms with Crippen molar-refractivity contribution in [1.29, 1.82) is 0 Å². The van der Waals surface area contributed by atoms with Crippen LogP contribution in [0.4, 0.5) is 0 Å². The second-order valence-electron chi connectivity index (χ2n) is 1.88. The molecule has 0 aliphatic carbocycles. The number of hydrogen-bond acceptors (Lipinski definition) is 3. The van der Waals surface area contributed by atoms with Crippen LogP contribution >= 0.6 is 0 Å². The fourth-order valence-corrected chi connectivity index (χ4v) is 0.775. The Hall–Kier alpha value is 0.910. The molecule has 0 saturated carbocycles. The summed E-state index contributed by atoms with van der Waals surface area (Å²) in [6.07, 6.45) is 2.81. The van der Waals surface area contributed by atoms with Crippen LogP contribution in [-0.2, 0) is 14.3 Å². The van der Waals surface area contributed by atoms with Crippen LogP contribution in [0.2, 0.25) is 0 Å². The Kier molecular flexibility index (Phi) is 8.92. The molecule has 0 radical (unpaired) electrons. The summed E-state index contributed by atoms with van der Waals surface area (Å²) in [6, 6.07) is 0. The number of rotatable bonds is 4. The zero-order valence-electron chi connectivity index (χ0n) is 7.75. The maximum atomic E-state index is 10.3. The van der Waals surface area contributed by atoms with Crippen LogP contribution in [0.1, 0.15) is 21.2 Å². The monoisotopic (exact) mass is 176 g/mol. The standard InChI is InChI=1S/C5H12O3S.Na.H/c1-3-4-5-8-9(2,6)7;;/h3-5H2,1-2H3;;/q;+1;-1. The molecule has 0 amide bonds. The SMILES string of the molecule is CCCCOS(C)(=O)=O.[H-].[Na+]. The van der Waals surface area contributed by atoms with Crippen molar-refractivity contribution in [2.45, 2.75) is 19.8 Å². The van der Waals surface area contributed by atoms with Crippen LogP contribution in [0.5, 0.6) is 0 Å². The fraction of sp³-hybridized carbons (Fsp3) is 1.00. The zero-order valence-corrected chi connectivity index (χ0v) is 9.57. The summed E-state index contributed by atoms with van der Waals surface area (Å²) in [7, 11) is -3.20. The summed E-state index contributed by atoms with van der Waals surface area (Å²) < 4.78 is 25.0. The third-order valence-corrected chi connectivity index (χ3v) is 1.39. The van der Waals surface area contributed by atoms with Crippen LogP contribution in [0.25, 0.3) is 0 Å². The van der Waals surface area contributed by atoms with Crippen LogP contribution < -0.4 is 29.6 Å². The van der Waals surface area contributed by atoms with Crippen molar-refractivity contribution in [2.75, 3.05) is 12.9 Å². The van der Waals surface area contributed by atoms with E-state index < -0.39 is 10.1 Å². The average molecular weight is 176 g/mol. The molecule has 0 spiro atoms. The molecule has 58 valence electrons. The van der Waals surface area contributed by atoms with E-state index in [1.54, 1.807) is 0 Å². The van der Waals surface area contributed by atoms with Gasteiger partial charge in [-0.2, -0.15) is 8.42 Å². The van der Waals surface area contributed by atoms with Gasteiger partial charge in [0.05, 0.1) is 12.9 Å². The Morgan fingerprint density at radius 1 is 1.50 bits per heavy atom. The molecule has 0 atom stereocenters. The Labute approximate surface area is 86.0 Å². The van der Waals surface area contributed by atoms with Gasteiger partial charge in [-0.15, -0.1) is 0 Å². The van der Waals surface area contributed by atoms with Gasteiger partial charge in [0, 0.05) is 0 Å². The van der Waals surface area contributed by atoms with Crippen molar-refractivity contribution >= 4 is 10.1 Å². The van der Waals surface area contributed by atoms with Crippen molar-refractivity contribution in [2.24, 2.45) is 0 Å². The van der Waals surface area contributed by atoms with Gasteiger partial charge in [0.1, 0.15) is 0 Å². The second-order valence-corrected chi connectivity index (χ2v) is 3.52. The molecule has 0 saturated heterocycles. The third kappa shape index (κ3) is 11.7. The molecule has 3 nitrogen and oxygen atoms in total. The first kappa shape index (κ1) is 13.5. The van der Waals surface area contributed by atoms with Crippen LogP contribution in [0.3, 0.4) is 0 Å². The molecule has 0 fully saturated rings. The van der Waals surface area contributed by atoms with Gasteiger partial charge in [-0.05, 0) is 6.42 Å². The van der Waals surface area contributed by atoms with Crippen molar-refractivity contribution < 1.29 is 43.6 Å². The predicted octanol–water partition coefficient (Wildman–Crippen LogP) is -2.12. The van der Waals surface area contributed by atoms with Gasteiger partial charge in [-0.3, -0.25) is 4.18 Å². The van der Waals surface area contributed by atoms with E-state index in [-0.39, 0.29) is 31.0 Å². The largest absolute Gasteiger partial charge is 1.00 e. The predicted molar refractivity (Wildman–Crippen MR) is 36.8 cm³/mol. The molecule has 10 heavy (non-hydrogen) atoms. The van der Waals surface area contributed by atoms with Crippen LogP contribution in [-0.4, -0.2) is 21.3 Å². The molecule has 0 aliphatic rings. The maximum Gasteiger partial charge on any atom is 1.00 e. The molecule has 0 rings (SSSR count). The van der Waals surface area contributed by atoms with E-state index in [1.807, 2.05) is 6.92 Å². The van der Waals surface area contributed by atoms with Gasteiger partial charge in [0.25, 0.3) is 10.1 Å². The van der Waals surface area contributed by atoms with Crippen molar-refractivity contribution in [3.8, 4) is 0 Å². The Bertz CT molecular complexity index is 157. The number of unbranched alkanes of at least 4 members (excludes halogenated alkanes) is 1. The third-order valence-electron chi connectivity index (χ3n) is 0.795. The summed E-state index contributed by atoms with van der Waals surface area (Å²) >= 11 is 0. The summed E-state index contributed by atoms with van der Waals surface area (Å²) in [5.41, 5.74) is 0. The quantitative estimate of drug-likeness (QED) is 0.279. The van der Waals surface area contributed by atoms with E-state index in [0.29, 0.717) is 6.61 Å². The minimum atomic E-state index is -3.20. The van der Waals surface area contributed by atoms with E-state index in [1.165, 1.54) is 0 Å². The van der Waals surface area contributed by atoms with Gasteiger partial charge < -0.3 is 1.43 Å². The molecule has 5 heteroatoms. The molecule has 0 bridgehead atoms. The summed E-state index contributed by atoms with van der Waals surface area (Å²) in [4.78, 5) is 0. The van der Waals surface area contributed by atoms with E-state index in [9.17, 15) is 8.42 Å². The average Bonchev–Trinajstić information content (AvgIpc) is 1.63. The van der Waals surface area contributed by atoms with Crippen molar-refractivity contribution in [1.82, 2.24) is 0 Å². The maximum absolute atomic E-state index is 10.3. The molecular formula is C5H13NaO3S. The fourth-order valence-electron chi connectivity index (χ4n) is 0.355. The first-order chi connectivity index (χ1) is 4.06. The topological polar surface area (TPSA) is 43.4 Å². The van der Waals surface area contributed by atoms with Gasteiger partial charge >= 0.3 is 29.6 Å². The first-order valence-electron chi connectivity index (χ1n) is 2.90. The van der Waals surface area contributed by atoms with Gasteiger partial charge in [0.2, 0.25) is 0 Å².